The molecule has 0 radical (unpaired) electrons. The van der Waals surface area contributed by atoms with Crippen LogP contribution in [0.5, 0.6) is 5.75 Å². The van der Waals surface area contributed by atoms with Crippen LogP contribution in [0.1, 0.15) is 11.4 Å². The van der Waals surface area contributed by atoms with Crippen molar-refractivity contribution in [2.75, 3.05) is 13.7 Å². The van der Waals surface area contributed by atoms with Crippen molar-refractivity contribution < 1.29 is 9.26 Å². The van der Waals surface area contributed by atoms with E-state index in [0.29, 0.717) is 12.4 Å². The summed E-state index contributed by atoms with van der Waals surface area (Å²) in [7, 11) is 1.67. The Morgan fingerprint density at radius 3 is 2.76 bits per heavy atom. The Kier molecular flexibility index (Phi) is 4.10. The summed E-state index contributed by atoms with van der Waals surface area (Å²) in [4.78, 5) is 3.93. The summed E-state index contributed by atoms with van der Waals surface area (Å²) in [6, 6.07) is 8.06. The highest BCUT2D eigenvalue weighted by atomic mass is 16.5. The lowest BCUT2D eigenvalue weighted by Gasteiger charge is -2.04. The van der Waals surface area contributed by atoms with Crippen molar-refractivity contribution in [1.82, 2.24) is 15.5 Å². The molecule has 1 aromatic carbocycles. The summed E-state index contributed by atoms with van der Waals surface area (Å²) in [6.45, 7) is 1.51. The van der Waals surface area contributed by atoms with Crippen LogP contribution in [0.15, 0.2) is 35.2 Å². The molecular formula is C12H15N3O2. The Balaban J connectivity index is 1.70. The van der Waals surface area contributed by atoms with Crippen LogP contribution in [0, 0.1) is 0 Å². The summed E-state index contributed by atoms with van der Waals surface area (Å²) >= 11 is 0. The maximum atomic E-state index is 5.10. The van der Waals surface area contributed by atoms with Crippen molar-refractivity contribution in [3.8, 4) is 5.75 Å². The van der Waals surface area contributed by atoms with Gasteiger partial charge in [-0.2, -0.15) is 4.98 Å². The van der Waals surface area contributed by atoms with Crippen LogP contribution in [-0.2, 0) is 13.0 Å². The topological polar surface area (TPSA) is 60.2 Å². The molecule has 2 aromatic rings. The number of methoxy groups -OCH3 is 1. The fourth-order valence-corrected chi connectivity index (χ4v) is 1.50. The van der Waals surface area contributed by atoms with Crippen LogP contribution in [-0.4, -0.2) is 23.8 Å². The van der Waals surface area contributed by atoms with Crippen molar-refractivity contribution in [3.05, 3.63) is 42.0 Å². The minimum atomic E-state index is 0.632. The molecule has 1 heterocycles. The molecule has 0 aliphatic rings. The second kappa shape index (κ2) is 6.00. The first-order chi connectivity index (χ1) is 8.38. The molecule has 2 rings (SSSR count). The summed E-state index contributed by atoms with van der Waals surface area (Å²) in [5.41, 5.74) is 1.27. The number of benzene rings is 1. The van der Waals surface area contributed by atoms with Crippen LogP contribution in [0.3, 0.4) is 0 Å². The van der Waals surface area contributed by atoms with Crippen molar-refractivity contribution in [2.45, 2.75) is 13.0 Å². The van der Waals surface area contributed by atoms with E-state index in [9.17, 15) is 0 Å². The van der Waals surface area contributed by atoms with E-state index in [1.165, 1.54) is 12.0 Å². The Morgan fingerprint density at radius 2 is 2.12 bits per heavy atom. The molecule has 90 valence electrons. The van der Waals surface area contributed by atoms with Crippen molar-refractivity contribution in [2.24, 2.45) is 0 Å². The third-order valence-corrected chi connectivity index (χ3v) is 2.44. The van der Waals surface area contributed by atoms with Crippen LogP contribution in [0.2, 0.25) is 0 Å². The van der Waals surface area contributed by atoms with E-state index in [1.54, 1.807) is 7.11 Å². The maximum absolute atomic E-state index is 5.10. The average Bonchev–Trinajstić information content (AvgIpc) is 2.88. The van der Waals surface area contributed by atoms with Gasteiger partial charge in [0.2, 0.25) is 6.39 Å². The number of rotatable bonds is 6. The molecular weight excluding hydrogens is 218 g/mol. The molecule has 5 heteroatoms. The lowest BCUT2D eigenvalue weighted by atomic mass is 10.1. The van der Waals surface area contributed by atoms with Gasteiger partial charge in [0, 0.05) is 0 Å². The quantitative estimate of drug-likeness (QED) is 0.764. The molecule has 0 atom stereocenters. The Labute approximate surface area is 99.8 Å². The second-order valence-corrected chi connectivity index (χ2v) is 3.62. The van der Waals surface area contributed by atoms with Gasteiger partial charge in [0.1, 0.15) is 5.75 Å². The van der Waals surface area contributed by atoms with E-state index < -0.39 is 0 Å². The standard InChI is InChI=1S/C12H15N3O2/c1-16-11-4-2-10(3-5-11)6-7-13-8-12-14-9-17-15-12/h2-5,9,13H,6-8H2,1H3. The zero-order valence-electron chi connectivity index (χ0n) is 9.72. The zero-order chi connectivity index (χ0) is 11.9. The third kappa shape index (κ3) is 3.57. The van der Waals surface area contributed by atoms with E-state index >= 15 is 0 Å². The van der Waals surface area contributed by atoms with E-state index in [0.717, 1.165) is 18.7 Å². The Morgan fingerprint density at radius 1 is 1.29 bits per heavy atom. The van der Waals surface area contributed by atoms with Gasteiger partial charge in [-0.25, -0.2) is 0 Å². The third-order valence-electron chi connectivity index (χ3n) is 2.44. The lowest BCUT2D eigenvalue weighted by molar-refractivity contribution is 0.407. The fourth-order valence-electron chi connectivity index (χ4n) is 1.50. The van der Waals surface area contributed by atoms with Crippen LogP contribution in [0.4, 0.5) is 0 Å². The summed E-state index contributed by atoms with van der Waals surface area (Å²) in [5.74, 6) is 1.56. The molecule has 5 nitrogen and oxygen atoms in total. The predicted molar refractivity (Wildman–Crippen MR) is 62.7 cm³/mol. The Bertz CT molecular complexity index is 426. The van der Waals surface area contributed by atoms with Crippen LogP contribution < -0.4 is 10.1 Å². The van der Waals surface area contributed by atoms with Gasteiger partial charge >= 0.3 is 0 Å². The van der Waals surface area contributed by atoms with Gasteiger partial charge in [-0.1, -0.05) is 17.3 Å². The zero-order valence-corrected chi connectivity index (χ0v) is 9.72. The SMILES string of the molecule is COc1ccc(CCNCc2ncon2)cc1. The number of nitrogens with zero attached hydrogens (tertiary/aromatic N) is 2. The number of hydrogen-bond donors (Lipinski definition) is 1. The summed E-state index contributed by atoms with van der Waals surface area (Å²) in [6.07, 6.45) is 2.29. The van der Waals surface area contributed by atoms with E-state index in [1.807, 2.05) is 12.1 Å². The van der Waals surface area contributed by atoms with Gasteiger partial charge < -0.3 is 14.6 Å². The minimum absolute atomic E-state index is 0.632. The summed E-state index contributed by atoms with van der Waals surface area (Å²) < 4.78 is 9.74. The normalized spacial score (nSPS) is 10.4. The first-order valence-corrected chi connectivity index (χ1v) is 5.47. The largest absolute Gasteiger partial charge is 0.497 e. The van der Waals surface area contributed by atoms with Gasteiger partial charge in [-0.05, 0) is 30.7 Å². The van der Waals surface area contributed by atoms with E-state index in [4.69, 9.17) is 4.74 Å². The molecule has 0 aliphatic carbocycles. The minimum Gasteiger partial charge on any atom is -0.497 e. The van der Waals surface area contributed by atoms with Crippen molar-refractivity contribution in [1.29, 1.82) is 0 Å². The highest BCUT2D eigenvalue weighted by molar-refractivity contribution is 5.27. The predicted octanol–water partition coefficient (Wildman–Crippen LogP) is 1.41. The highest BCUT2D eigenvalue weighted by Gasteiger charge is 1.98. The highest BCUT2D eigenvalue weighted by Crippen LogP contribution is 2.11. The monoisotopic (exact) mass is 233 g/mol. The molecule has 1 aromatic heterocycles. The molecule has 0 saturated carbocycles. The Hall–Kier alpha value is -1.88. The van der Waals surface area contributed by atoms with Gasteiger partial charge in [-0.15, -0.1) is 0 Å². The molecule has 0 fully saturated rings. The first-order valence-electron chi connectivity index (χ1n) is 5.47. The molecule has 1 N–H and O–H groups in total. The van der Waals surface area contributed by atoms with Gasteiger partial charge in [0.25, 0.3) is 0 Å². The molecule has 0 saturated heterocycles. The number of hydrogen-bond acceptors (Lipinski definition) is 5. The van der Waals surface area contributed by atoms with Crippen molar-refractivity contribution >= 4 is 0 Å². The van der Waals surface area contributed by atoms with E-state index in [2.05, 4.69) is 32.1 Å². The fraction of sp³-hybridized carbons (Fsp3) is 0.333. The average molecular weight is 233 g/mol. The molecule has 0 unspecified atom stereocenters. The first kappa shape index (κ1) is 11.6. The molecule has 0 amide bonds. The smallest absolute Gasteiger partial charge is 0.213 e. The number of nitrogens with one attached hydrogen (secondary N) is 1. The second-order valence-electron chi connectivity index (χ2n) is 3.62. The molecule has 0 bridgehead atoms. The van der Waals surface area contributed by atoms with Crippen molar-refractivity contribution in [3.63, 3.8) is 0 Å². The summed E-state index contributed by atoms with van der Waals surface area (Å²) in [5, 5.41) is 6.97. The van der Waals surface area contributed by atoms with Crippen LogP contribution >= 0.6 is 0 Å². The van der Waals surface area contributed by atoms with E-state index in [-0.39, 0.29) is 0 Å². The maximum Gasteiger partial charge on any atom is 0.213 e. The van der Waals surface area contributed by atoms with Crippen LogP contribution in [0.25, 0.3) is 0 Å². The molecule has 0 spiro atoms. The lowest BCUT2D eigenvalue weighted by Crippen LogP contribution is -2.17. The van der Waals surface area contributed by atoms with Gasteiger partial charge in [0.15, 0.2) is 5.82 Å². The molecule has 17 heavy (non-hydrogen) atoms. The number of aromatic nitrogens is 2. The molecule has 0 aliphatic heterocycles. The van der Waals surface area contributed by atoms with Gasteiger partial charge in [-0.3, -0.25) is 0 Å². The van der Waals surface area contributed by atoms with Gasteiger partial charge in [0.05, 0.1) is 13.7 Å². The number of ether oxygens (including phenoxy) is 1.